The van der Waals surface area contributed by atoms with E-state index in [1.54, 1.807) is 4.90 Å². The quantitative estimate of drug-likeness (QED) is 0.474. The molecule has 2 aromatic carbocycles. The second-order valence-electron chi connectivity index (χ2n) is 9.09. The van der Waals surface area contributed by atoms with Crippen LogP contribution in [0.2, 0.25) is 0 Å². The number of benzene rings is 2. The number of hydrogen-bond acceptors (Lipinski definition) is 2. The van der Waals surface area contributed by atoms with Crippen molar-refractivity contribution in [3.8, 4) is 5.69 Å². The smallest absolute Gasteiger partial charge is 0.247 e. The number of aryl methyl sites for hydroxylation is 1. The number of amides is 2. The van der Waals surface area contributed by atoms with Crippen LogP contribution in [0.1, 0.15) is 62.9 Å². The van der Waals surface area contributed by atoms with Gasteiger partial charge in [-0.3, -0.25) is 14.5 Å². The molecule has 1 atom stereocenters. The Morgan fingerprint density at radius 3 is 2.45 bits per heavy atom. The number of hydrogen-bond donors (Lipinski definition) is 0. The van der Waals surface area contributed by atoms with Crippen LogP contribution in [0.3, 0.4) is 0 Å². The first-order valence-corrected chi connectivity index (χ1v) is 11.9. The van der Waals surface area contributed by atoms with Gasteiger partial charge in [-0.25, -0.2) is 0 Å². The maximum Gasteiger partial charge on any atom is 0.247 e. The van der Waals surface area contributed by atoms with Crippen LogP contribution in [-0.2, 0) is 9.59 Å². The number of anilines is 1. The minimum absolute atomic E-state index is 0.0420. The molecule has 1 aliphatic heterocycles. The Balaban J connectivity index is 1.78. The van der Waals surface area contributed by atoms with Crippen molar-refractivity contribution in [2.75, 3.05) is 11.4 Å². The molecule has 4 rings (SSSR count). The largest absolute Gasteiger partial charge is 0.331 e. The number of rotatable bonds is 7. The SMILES string of the molecule is CCCCC(=O)N(CC(=O)N1c2ccccc2-n2cccc2C1c1cccc(C)c1)C(C)C. The molecule has 5 heteroatoms. The van der Waals surface area contributed by atoms with E-state index in [2.05, 4.69) is 42.7 Å². The highest BCUT2D eigenvalue weighted by Gasteiger charge is 2.37. The van der Waals surface area contributed by atoms with Gasteiger partial charge in [0, 0.05) is 18.7 Å². The van der Waals surface area contributed by atoms with Crippen LogP contribution in [0.4, 0.5) is 5.69 Å². The third-order valence-electron chi connectivity index (χ3n) is 6.34. The maximum atomic E-state index is 14.0. The van der Waals surface area contributed by atoms with Gasteiger partial charge in [0.15, 0.2) is 0 Å². The second kappa shape index (κ2) is 9.65. The summed E-state index contributed by atoms with van der Waals surface area (Å²) in [7, 11) is 0. The summed E-state index contributed by atoms with van der Waals surface area (Å²) in [4.78, 5) is 30.5. The molecular formula is C28H33N3O2. The van der Waals surface area contributed by atoms with E-state index in [0.29, 0.717) is 6.42 Å². The number of unbranched alkanes of at least 4 members (excludes halogenated alkanes) is 1. The van der Waals surface area contributed by atoms with E-state index in [0.717, 1.165) is 41.0 Å². The molecule has 0 aliphatic carbocycles. The standard InChI is InChI=1S/C28H33N3O2/c1-5-6-16-26(32)30(20(2)3)19-27(33)31-24-14-8-7-13-23(24)29-17-10-15-25(29)28(31)22-12-9-11-21(4)18-22/h7-15,17-18,20,28H,5-6,16,19H2,1-4H3. The highest BCUT2D eigenvalue weighted by atomic mass is 16.2. The normalized spacial score (nSPS) is 14.7. The zero-order chi connectivity index (χ0) is 23.5. The van der Waals surface area contributed by atoms with Crippen LogP contribution in [0.25, 0.3) is 5.69 Å². The lowest BCUT2D eigenvalue weighted by Gasteiger charge is -2.40. The Bertz CT molecular complexity index is 1150. The van der Waals surface area contributed by atoms with E-state index in [-0.39, 0.29) is 30.4 Å². The molecule has 172 valence electrons. The van der Waals surface area contributed by atoms with Gasteiger partial charge < -0.3 is 9.47 Å². The van der Waals surface area contributed by atoms with Crippen molar-refractivity contribution >= 4 is 17.5 Å². The number of nitrogens with zero attached hydrogens (tertiary/aromatic N) is 3. The summed E-state index contributed by atoms with van der Waals surface area (Å²) < 4.78 is 2.17. The van der Waals surface area contributed by atoms with Crippen LogP contribution < -0.4 is 4.90 Å². The molecule has 0 spiro atoms. The fourth-order valence-electron chi connectivity index (χ4n) is 4.67. The van der Waals surface area contributed by atoms with E-state index in [4.69, 9.17) is 0 Å². The van der Waals surface area contributed by atoms with Crippen LogP contribution in [0, 0.1) is 6.92 Å². The van der Waals surface area contributed by atoms with Crippen LogP contribution in [0.5, 0.6) is 0 Å². The zero-order valence-electron chi connectivity index (χ0n) is 20.0. The predicted octanol–water partition coefficient (Wildman–Crippen LogP) is 5.65. The number of carbonyl (C=O) groups excluding carboxylic acids is 2. The maximum absolute atomic E-state index is 14.0. The minimum atomic E-state index is -0.262. The summed E-state index contributed by atoms with van der Waals surface area (Å²) >= 11 is 0. The van der Waals surface area contributed by atoms with Gasteiger partial charge in [0.25, 0.3) is 0 Å². The number of carbonyl (C=O) groups is 2. The predicted molar refractivity (Wildman–Crippen MR) is 133 cm³/mol. The summed E-state index contributed by atoms with van der Waals surface area (Å²) in [6.45, 7) is 8.16. The molecule has 2 amide bonds. The summed E-state index contributed by atoms with van der Waals surface area (Å²) in [6.07, 6.45) is 4.32. The topological polar surface area (TPSA) is 45.6 Å². The van der Waals surface area contributed by atoms with Gasteiger partial charge in [0.1, 0.15) is 12.6 Å². The van der Waals surface area contributed by atoms with Crippen molar-refractivity contribution in [3.63, 3.8) is 0 Å². The summed E-state index contributed by atoms with van der Waals surface area (Å²) in [5, 5.41) is 0. The number of aromatic nitrogens is 1. The molecule has 0 radical (unpaired) electrons. The molecule has 0 saturated heterocycles. The fraction of sp³-hybridized carbons (Fsp3) is 0.357. The van der Waals surface area contributed by atoms with Gasteiger partial charge in [-0.2, -0.15) is 0 Å². The molecule has 5 nitrogen and oxygen atoms in total. The monoisotopic (exact) mass is 443 g/mol. The minimum Gasteiger partial charge on any atom is -0.331 e. The van der Waals surface area contributed by atoms with Gasteiger partial charge in [0.05, 0.1) is 17.1 Å². The van der Waals surface area contributed by atoms with Crippen molar-refractivity contribution in [3.05, 3.63) is 83.7 Å². The Morgan fingerprint density at radius 1 is 1.00 bits per heavy atom. The molecule has 0 fully saturated rings. The van der Waals surface area contributed by atoms with Crippen molar-refractivity contribution in [2.24, 2.45) is 0 Å². The second-order valence-corrected chi connectivity index (χ2v) is 9.09. The van der Waals surface area contributed by atoms with Crippen molar-refractivity contribution in [2.45, 2.75) is 59.0 Å². The summed E-state index contributed by atoms with van der Waals surface area (Å²) in [5.41, 5.74) is 5.09. The average Bonchev–Trinajstić information content (AvgIpc) is 3.29. The number of para-hydroxylation sites is 2. The highest BCUT2D eigenvalue weighted by molar-refractivity contribution is 6.00. The molecule has 1 aromatic heterocycles. The van der Waals surface area contributed by atoms with Crippen molar-refractivity contribution in [1.29, 1.82) is 0 Å². The zero-order valence-corrected chi connectivity index (χ0v) is 20.0. The van der Waals surface area contributed by atoms with E-state index >= 15 is 0 Å². The first kappa shape index (κ1) is 22.8. The molecular weight excluding hydrogens is 410 g/mol. The Morgan fingerprint density at radius 2 is 1.76 bits per heavy atom. The lowest BCUT2D eigenvalue weighted by Crippen LogP contribution is -2.48. The van der Waals surface area contributed by atoms with Gasteiger partial charge in [0.2, 0.25) is 11.8 Å². The van der Waals surface area contributed by atoms with Gasteiger partial charge in [-0.15, -0.1) is 0 Å². The molecule has 33 heavy (non-hydrogen) atoms. The number of fused-ring (bicyclic) bond motifs is 3. The van der Waals surface area contributed by atoms with E-state index in [1.807, 2.05) is 61.3 Å². The molecule has 0 N–H and O–H groups in total. The van der Waals surface area contributed by atoms with Crippen molar-refractivity contribution in [1.82, 2.24) is 9.47 Å². The molecule has 1 aliphatic rings. The molecule has 0 saturated carbocycles. The Hall–Kier alpha value is -3.34. The third kappa shape index (κ3) is 4.45. The van der Waals surface area contributed by atoms with E-state index < -0.39 is 0 Å². The van der Waals surface area contributed by atoms with Crippen molar-refractivity contribution < 1.29 is 9.59 Å². The van der Waals surface area contributed by atoms with E-state index in [1.165, 1.54) is 0 Å². The molecule has 0 bridgehead atoms. The first-order chi connectivity index (χ1) is 15.9. The van der Waals surface area contributed by atoms with Crippen LogP contribution in [0.15, 0.2) is 66.9 Å². The van der Waals surface area contributed by atoms with Gasteiger partial charge in [-0.1, -0.05) is 55.3 Å². The Labute approximate surface area is 196 Å². The van der Waals surface area contributed by atoms with Crippen LogP contribution >= 0.6 is 0 Å². The Kier molecular flexibility index (Phi) is 6.68. The first-order valence-electron chi connectivity index (χ1n) is 11.9. The van der Waals surface area contributed by atoms with E-state index in [9.17, 15) is 9.59 Å². The molecule has 1 unspecified atom stereocenters. The lowest BCUT2D eigenvalue weighted by atomic mass is 9.96. The summed E-state index contributed by atoms with van der Waals surface area (Å²) in [5.74, 6) is -0.0269. The van der Waals surface area contributed by atoms with Gasteiger partial charge in [-0.05, 0) is 57.0 Å². The summed E-state index contributed by atoms with van der Waals surface area (Å²) in [6, 6.07) is 20.1. The molecule has 3 aromatic rings. The fourth-order valence-corrected chi connectivity index (χ4v) is 4.67. The lowest BCUT2D eigenvalue weighted by molar-refractivity contribution is -0.137. The third-order valence-corrected chi connectivity index (χ3v) is 6.34. The highest BCUT2D eigenvalue weighted by Crippen LogP contribution is 2.42. The van der Waals surface area contributed by atoms with Gasteiger partial charge >= 0.3 is 0 Å². The average molecular weight is 444 g/mol. The molecule has 2 heterocycles. The van der Waals surface area contributed by atoms with Crippen LogP contribution in [-0.4, -0.2) is 33.9 Å².